The SMILES string of the molecule is COC(=O)N[C@@H](C(=O)N1CCC[C@@H]1c1nc2c(ccc3cc(C#Cc4ccc(-c5cnc([C@@H]6CCCN6C(=O)[C@H](NC(=O)OC)c6ccccc6)[nH]5)cc4)ccc32)[nH]1)c1ccccc1. The summed E-state index contributed by atoms with van der Waals surface area (Å²) < 4.78 is 9.68. The molecule has 2 saturated heterocycles. The number of aromatic nitrogens is 4. The molecule has 2 aliphatic rings. The molecule has 64 heavy (non-hydrogen) atoms. The van der Waals surface area contributed by atoms with E-state index in [1.165, 1.54) is 14.2 Å². The molecule has 14 heteroatoms. The van der Waals surface area contributed by atoms with Crippen molar-refractivity contribution in [1.29, 1.82) is 0 Å². The molecule has 2 fully saturated rings. The van der Waals surface area contributed by atoms with E-state index in [0.717, 1.165) is 69.9 Å². The summed E-state index contributed by atoms with van der Waals surface area (Å²) >= 11 is 0. The number of hydrogen-bond acceptors (Lipinski definition) is 8. The zero-order valence-electron chi connectivity index (χ0n) is 35.3. The number of amides is 4. The third kappa shape index (κ3) is 8.48. The molecular formula is C50H46N8O6. The van der Waals surface area contributed by atoms with Crippen molar-refractivity contribution in [3.05, 3.63) is 155 Å². The number of likely N-dealkylation sites (tertiary alicyclic amines) is 2. The van der Waals surface area contributed by atoms with Crippen LogP contribution in [0.2, 0.25) is 0 Å². The summed E-state index contributed by atoms with van der Waals surface area (Å²) in [5.41, 5.74) is 6.49. The maximum absolute atomic E-state index is 14.0. The van der Waals surface area contributed by atoms with E-state index >= 15 is 0 Å². The Balaban J connectivity index is 0.884. The van der Waals surface area contributed by atoms with Gasteiger partial charge in [0.05, 0.1) is 49.2 Å². The molecule has 4 heterocycles. The first-order valence-electron chi connectivity index (χ1n) is 21.3. The van der Waals surface area contributed by atoms with Crippen molar-refractivity contribution in [3.8, 4) is 23.1 Å². The van der Waals surface area contributed by atoms with Crippen molar-refractivity contribution < 1.29 is 28.7 Å². The zero-order valence-corrected chi connectivity index (χ0v) is 35.3. The number of alkyl carbamates (subject to hydrolysis) is 2. The Bertz CT molecular complexity index is 2900. The Morgan fingerprint density at radius 2 is 1.23 bits per heavy atom. The van der Waals surface area contributed by atoms with E-state index in [1.54, 1.807) is 16.0 Å². The topological polar surface area (TPSA) is 175 Å². The number of nitrogens with one attached hydrogen (secondary N) is 4. The largest absolute Gasteiger partial charge is 0.453 e. The highest BCUT2D eigenvalue weighted by atomic mass is 16.5. The predicted octanol–water partition coefficient (Wildman–Crippen LogP) is 8.03. The van der Waals surface area contributed by atoms with Gasteiger partial charge < -0.3 is 39.9 Å². The molecule has 4 atom stereocenters. The summed E-state index contributed by atoms with van der Waals surface area (Å²) in [5, 5.41) is 7.40. The fourth-order valence-electron chi connectivity index (χ4n) is 8.77. The van der Waals surface area contributed by atoms with Crippen molar-refractivity contribution in [2.24, 2.45) is 0 Å². The lowest BCUT2D eigenvalue weighted by atomic mass is 10.0. The normalized spacial score (nSPS) is 16.8. The maximum Gasteiger partial charge on any atom is 0.407 e. The first-order valence-corrected chi connectivity index (χ1v) is 21.3. The Kier molecular flexibility index (Phi) is 11.8. The second-order valence-corrected chi connectivity index (χ2v) is 15.9. The van der Waals surface area contributed by atoms with Crippen molar-refractivity contribution in [2.75, 3.05) is 27.3 Å². The third-order valence-corrected chi connectivity index (χ3v) is 12.0. The summed E-state index contributed by atoms with van der Waals surface area (Å²) in [7, 11) is 2.56. The van der Waals surface area contributed by atoms with Crippen molar-refractivity contribution in [1.82, 2.24) is 40.4 Å². The highest BCUT2D eigenvalue weighted by Gasteiger charge is 2.38. The maximum atomic E-state index is 14.0. The molecule has 0 spiro atoms. The Morgan fingerprint density at radius 3 is 1.83 bits per heavy atom. The second-order valence-electron chi connectivity index (χ2n) is 15.9. The number of hydrogen-bond donors (Lipinski definition) is 4. The molecule has 5 aromatic carbocycles. The van der Waals surface area contributed by atoms with Crippen LogP contribution in [0.5, 0.6) is 0 Å². The van der Waals surface area contributed by atoms with Gasteiger partial charge in [0, 0.05) is 29.6 Å². The lowest BCUT2D eigenvalue weighted by Crippen LogP contribution is -2.42. The van der Waals surface area contributed by atoms with Crippen LogP contribution in [0.4, 0.5) is 9.59 Å². The van der Waals surface area contributed by atoms with Gasteiger partial charge in [-0.1, -0.05) is 96.8 Å². The molecular weight excluding hydrogens is 809 g/mol. The van der Waals surface area contributed by atoms with Crippen LogP contribution in [0.25, 0.3) is 33.1 Å². The summed E-state index contributed by atoms with van der Waals surface area (Å²) in [4.78, 5) is 72.7. The van der Waals surface area contributed by atoms with Crippen LogP contribution in [0.1, 0.15) is 83.8 Å². The average Bonchev–Trinajstić information content (AvgIpc) is 4.19. The molecule has 0 radical (unpaired) electrons. The first-order chi connectivity index (χ1) is 31.3. The number of methoxy groups -OCH3 is 2. The molecule has 4 amide bonds. The lowest BCUT2D eigenvalue weighted by Gasteiger charge is -2.28. The smallest absolute Gasteiger partial charge is 0.407 e. The molecule has 0 saturated carbocycles. The zero-order chi connectivity index (χ0) is 44.2. The number of ether oxygens (including phenoxy) is 2. The number of carbonyl (C=O) groups is 4. The minimum atomic E-state index is -0.894. The second kappa shape index (κ2) is 18.2. The number of rotatable bonds is 9. The Labute approximate surface area is 369 Å². The van der Waals surface area contributed by atoms with Gasteiger partial charge >= 0.3 is 12.2 Å². The number of benzene rings is 5. The van der Waals surface area contributed by atoms with E-state index < -0.39 is 24.3 Å². The number of fused-ring (bicyclic) bond motifs is 3. The van der Waals surface area contributed by atoms with Gasteiger partial charge in [-0.2, -0.15) is 0 Å². The number of H-pyrrole nitrogens is 2. The van der Waals surface area contributed by atoms with Crippen LogP contribution in [-0.2, 0) is 19.1 Å². The number of aromatic amines is 2. The monoisotopic (exact) mass is 854 g/mol. The van der Waals surface area contributed by atoms with E-state index in [0.29, 0.717) is 35.9 Å². The molecule has 0 unspecified atom stereocenters. The lowest BCUT2D eigenvalue weighted by molar-refractivity contribution is -0.135. The number of carbonyl (C=O) groups excluding carboxylic acids is 4. The summed E-state index contributed by atoms with van der Waals surface area (Å²) in [6.45, 7) is 1.09. The van der Waals surface area contributed by atoms with E-state index in [9.17, 15) is 19.2 Å². The van der Waals surface area contributed by atoms with Crippen molar-refractivity contribution in [3.63, 3.8) is 0 Å². The van der Waals surface area contributed by atoms with E-state index in [4.69, 9.17) is 19.4 Å². The minimum absolute atomic E-state index is 0.218. The molecule has 2 aromatic heterocycles. The van der Waals surface area contributed by atoms with Crippen LogP contribution in [0.15, 0.2) is 121 Å². The van der Waals surface area contributed by atoms with Crippen LogP contribution in [0.3, 0.4) is 0 Å². The van der Waals surface area contributed by atoms with Gasteiger partial charge in [-0.25, -0.2) is 19.6 Å². The van der Waals surface area contributed by atoms with Gasteiger partial charge in [0.2, 0.25) is 0 Å². The quantitative estimate of drug-likeness (QED) is 0.106. The molecule has 7 aromatic rings. The standard InChI is InChI=1S/C50H46N8O6/c1-63-49(61)55-42(34-11-5-3-6-12-34)47(59)57-27-9-15-40(57)45-51-30-39(53-45)33-22-19-31(20-23-33)17-18-32-21-25-37-36(29-32)24-26-38-44(37)54-46(52-38)41-16-10-28-58(41)48(60)43(56-50(62)64-2)35-13-7-4-8-14-35/h3-8,11-14,19-26,29-30,40-43H,9-10,15-16,27-28H2,1-2H3,(H,51,53)(H,52,54)(H,55,61)(H,56,62)/t40-,41+,42+,43+/m0/s1. The predicted molar refractivity (Wildman–Crippen MR) is 240 cm³/mol. The van der Waals surface area contributed by atoms with Crippen LogP contribution in [-0.4, -0.2) is 81.0 Å². The number of imidazole rings is 2. The Morgan fingerprint density at radius 1 is 0.672 bits per heavy atom. The summed E-state index contributed by atoms with van der Waals surface area (Å²) in [5.74, 6) is 7.55. The third-order valence-electron chi connectivity index (χ3n) is 12.0. The molecule has 4 N–H and O–H groups in total. The molecule has 14 nitrogen and oxygen atoms in total. The van der Waals surface area contributed by atoms with Gasteiger partial charge in [0.15, 0.2) is 0 Å². The van der Waals surface area contributed by atoms with Gasteiger partial charge in [-0.3, -0.25) is 9.59 Å². The van der Waals surface area contributed by atoms with Gasteiger partial charge in [0.1, 0.15) is 23.7 Å². The van der Waals surface area contributed by atoms with Gasteiger partial charge in [-0.15, -0.1) is 0 Å². The average molecular weight is 855 g/mol. The summed E-state index contributed by atoms with van der Waals surface area (Å²) in [6.07, 6.45) is 3.53. The molecule has 2 aliphatic heterocycles. The minimum Gasteiger partial charge on any atom is -0.453 e. The van der Waals surface area contributed by atoms with Crippen molar-refractivity contribution >= 4 is 45.8 Å². The van der Waals surface area contributed by atoms with E-state index in [2.05, 4.69) is 38.5 Å². The molecule has 0 aliphatic carbocycles. The molecule has 9 rings (SSSR count). The van der Waals surface area contributed by atoms with Crippen LogP contribution >= 0.6 is 0 Å². The van der Waals surface area contributed by atoms with Gasteiger partial charge in [-0.05, 0) is 78.1 Å². The summed E-state index contributed by atoms with van der Waals surface area (Å²) in [6, 6.07) is 34.0. The molecule has 0 bridgehead atoms. The fraction of sp³-hybridized carbons (Fsp3) is 0.240. The van der Waals surface area contributed by atoms with Crippen LogP contribution in [0, 0.1) is 11.8 Å². The van der Waals surface area contributed by atoms with Gasteiger partial charge in [0.25, 0.3) is 11.8 Å². The highest BCUT2D eigenvalue weighted by Crippen LogP contribution is 2.36. The van der Waals surface area contributed by atoms with Crippen LogP contribution < -0.4 is 10.6 Å². The van der Waals surface area contributed by atoms with E-state index in [1.807, 2.05) is 109 Å². The van der Waals surface area contributed by atoms with E-state index in [-0.39, 0.29) is 23.9 Å². The number of nitrogens with zero attached hydrogens (tertiary/aromatic N) is 4. The Hall–Kier alpha value is -7.92. The first kappa shape index (κ1) is 41.4. The van der Waals surface area contributed by atoms with Crippen molar-refractivity contribution in [2.45, 2.75) is 49.9 Å². The molecule has 322 valence electrons. The highest BCUT2D eigenvalue weighted by molar-refractivity contribution is 6.04. The fourth-order valence-corrected chi connectivity index (χ4v) is 8.77.